The molecule has 2 aromatic rings. The quantitative estimate of drug-likeness (QED) is 0.500. The van der Waals surface area contributed by atoms with Gasteiger partial charge in [0.2, 0.25) is 5.95 Å². The van der Waals surface area contributed by atoms with Crippen LogP contribution in [0.2, 0.25) is 0 Å². The standard InChI is InChI=1S/C13H20N6O2/c1-3-14-13-17-11(9-8-16-19-12(9)18-13)15-7-5-6-10(20)21-4-2/h8H,3-7H2,1-2H3,(H3,14,15,16,17,18,19). The van der Waals surface area contributed by atoms with Gasteiger partial charge < -0.3 is 15.4 Å². The fourth-order valence-corrected chi connectivity index (χ4v) is 1.88. The molecule has 0 spiro atoms. The number of aromatic nitrogens is 4. The average molecular weight is 292 g/mol. The third-order valence-electron chi connectivity index (χ3n) is 2.80. The number of ether oxygens (including phenoxy) is 1. The van der Waals surface area contributed by atoms with E-state index >= 15 is 0 Å². The maximum atomic E-state index is 11.3. The van der Waals surface area contributed by atoms with Crippen molar-refractivity contribution in [2.75, 3.05) is 30.3 Å². The molecule has 0 aromatic carbocycles. The minimum atomic E-state index is -0.177. The number of nitrogens with one attached hydrogen (secondary N) is 3. The summed E-state index contributed by atoms with van der Waals surface area (Å²) in [7, 11) is 0. The Morgan fingerprint density at radius 3 is 2.95 bits per heavy atom. The van der Waals surface area contributed by atoms with Crippen molar-refractivity contribution >= 4 is 28.8 Å². The predicted molar refractivity (Wildman–Crippen MR) is 80.2 cm³/mol. The molecule has 0 radical (unpaired) electrons. The fourth-order valence-electron chi connectivity index (χ4n) is 1.88. The van der Waals surface area contributed by atoms with Crippen LogP contribution in [0.5, 0.6) is 0 Å². The summed E-state index contributed by atoms with van der Waals surface area (Å²) in [5.74, 6) is 1.07. The second-order valence-electron chi connectivity index (χ2n) is 4.39. The average Bonchev–Trinajstić information content (AvgIpc) is 2.92. The highest BCUT2D eigenvalue weighted by Gasteiger charge is 2.09. The van der Waals surface area contributed by atoms with Gasteiger partial charge >= 0.3 is 5.97 Å². The summed E-state index contributed by atoms with van der Waals surface area (Å²) in [4.78, 5) is 20.0. The number of H-pyrrole nitrogens is 1. The van der Waals surface area contributed by atoms with Gasteiger partial charge in [0, 0.05) is 19.5 Å². The van der Waals surface area contributed by atoms with Gasteiger partial charge in [-0.05, 0) is 20.3 Å². The molecule has 0 atom stereocenters. The van der Waals surface area contributed by atoms with Crippen molar-refractivity contribution < 1.29 is 9.53 Å². The third kappa shape index (κ3) is 4.04. The number of nitrogens with zero attached hydrogens (tertiary/aromatic N) is 3. The lowest BCUT2D eigenvalue weighted by Crippen LogP contribution is -2.10. The second kappa shape index (κ2) is 7.41. The van der Waals surface area contributed by atoms with Crippen molar-refractivity contribution in [1.82, 2.24) is 20.2 Å². The van der Waals surface area contributed by atoms with E-state index in [1.54, 1.807) is 13.1 Å². The van der Waals surface area contributed by atoms with Gasteiger partial charge in [0.25, 0.3) is 0 Å². The molecule has 0 bridgehead atoms. The highest BCUT2D eigenvalue weighted by Crippen LogP contribution is 2.19. The number of aromatic amines is 1. The van der Waals surface area contributed by atoms with E-state index in [-0.39, 0.29) is 5.97 Å². The smallest absolute Gasteiger partial charge is 0.305 e. The summed E-state index contributed by atoms with van der Waals surface area (Å²) in [6, 6.07) is 0. The Morgan fingerprint density at radius 2 is 2.19 bits per heavy atom. The third-order valence-corrected chi connectivity index (χ3v) is 2.80. The van der Waals surface area contributed by atoms with Crippen molar-refractivity contribution in [2.24, 2.45) is 0 Å². The number of carbonyl (C=O) groups is 1. The Balaban J connectivity index is 1.97. The molecule has 2 rings (SSSR count). The topological polar surface area (TPSA) is 105 Å². The van der Waals surface area contributed by atoms with Gasteiger partial charge in [0.05, 0.1) is 18.2 Å². The first kappa shape index (κ1) is 15.0. The first-order valence-corrected chi connectivity index (χ1v) is 7.09. The van der Waals surface area contributed by atoms with Crippen LogP contribution in [0.1, 0.15) is 26.7 Å². The number of esters is 1. The summed E-state index contributed by atoms with van der Waals surface area (Å²) < 4.78 is 4.89. The Morgan fingerprint density at radius 1 is 1.33 bits per heavy atom. The molecule has 8 nitrogen and oxygen atoms in total. The van der Waals surface area contributed by atoms with Gasteiger partial charge in [-0.3, -0.25) is 9.89 Å². The summed E-state index contributed by atoms with van der Waals surface area (Å²) in [6.07, 6.45) is 2.75. The van der Waals surface area contributed by atoms with Gasteiger partial charge in [-0.2, -0.15) is 15.1 Å². The van der Waals surface area contributed by atoms with Gasteiger partial charge in [-0.15, -0.1) is 0 Å². The Hall–Kier alpha value is -2.38. The first-order valence-electron chi connectivity index (χ1n) is 7.09. The molecule has 0 aliphatic rings. The van der Waals surface area contributed by atoms with Crippen molar-refractivity contribution in [2.45, 2.75) is 26.7 Å². The summed E-state index contributed by atoms with van der Waals surface area (Å²) in [6.45, 7) is 5.56. The van der Waals surface area contributed by atoms with Crippen LogP contribution >= 0.6 is 0 Å². The van der Waals surface area contributed by atoms with Crippen molar-refractivity contribution in [3.05, 3.63) is 6.20 Å². The molecule has 2 aromatic heterocycles. The lowest BCUT2D eigenvalue weighted by atomic mass is 10.3. The summed E-state index contributed by atoms with van der Waals surface area (Å²) >= 11 is 0. The molecule has 114 valence electrons. The Bertz CT molecular complexity index is 597. The van der Waals surface area contributed by atoms with E-state index in [9.17, 15) is 4.79 Å². The number of hydrogen-bond donors (Lipinski definition) is 3. The number of carbonyl (C=O) groups excluding carboxylic acids is 1. The number of rotatable bonds is 8. The fraction of sp³-hybridized carbons (Fsp3) is 0.538. The Labute approximate surface area is 122 Å². The highest BCUT2D eigenvalue weighted by atomic mass is 16.5. The zero-order valence-electron chi connectivity index (χ0n) is 12.3. The second-order valence-corrected chi connectivity index (χ2v) is 4.39. The molecular formula is C13H20N6O2. The Kier molecular flexibility index (Phi) is 5.30. The van der Waals surface area contributed by atoms with Crippen molar-refractivity contribution in [1.29, 1.82) is 0 Å². The molecule has 0 amide bonds. The monoisotopic (exact) mass is 292 g/mol. The van der Waals surface area contributed by atoms with E-state index in [2.05, 4.69) is 30.8 Å². The maximum absolute atomic E-state index is 11.3. The maximum Gasteiger partial charge on any atom is 0.305 e. The van der Waals surface area contributed by atoms with E-state index in [1.165, 1.54) is 0 Å². The normalized spacial score (nSPS) is 10.6. The van der Waals surface area contributed by atoms with Crippen LogP contribution in [0.25, 0.3) is 11.0 Å². The van der Waals surface area contributed by atoms with E-state index < -0.39 is 0 Å². The molecule has 3 N–H and O–H groups in total. The first-order chi connectivity index (χ1) is 10.2. The van der Waals surface area contributed by atoms with E-state index in [0.29, 0.717) is 43.4 Å². The SMILES string of the molecule is CCNc1nc(NCCCC(=O)OCC)c2cn[nH]c2n1. The van der Waals surface area contributed by atoms with Gasteiger partial charge in [0.1, 0.15) is 5.82 Å². The molecular weight excluding hydrogens is 272 g/mol. The molecule has 0 fully saturated rings. The largest absolute Gasteiger partial charge is 0.466 e. The van der Waals surface area contributed by atoms with Gasteiger partial charge in [-0.1, -0.05) is 0 Å². The molecule has 0 saturated heterocycles. The van der Waals surface area contributed by atoms with Gasteiger partial charge in [0.15, 0.2) is 5.65 Å². The molecule has 0 aliphatic carbocycles. The molecule has 0 unspecified atom stereocenters. The minimum Gasteiger partial charge on any atom is -0.466 e. The van der Waals surface area contributed by atoms with Crippen LogP contribution in [0, 0.1) is 0 Å². The van der Waals surface area contributed by atoms with E-state index in [0.717, 1.165) is 11.9 Å². The van der Waals surface area contributed by atoms with Crippen molar-refractivity contribution in [3.8, 4) is 0 Å². The molecule has 21 heavy (non-hydrogen) atoms. The van der Waals surface area contributed by atoms with Crippen LogP contribution in [-0.4, -0.2) is 45.8 Å². The molecule has 0 aliphatic heterocycles. The van der Waals surface area contributed by atoms with Crippen molar-refractivity contribution in [3.63, 3.8) is 0 Å². The minimum absolute atomic E-state index is 0.177. The lowest BCUT2D eigenvalue weighted by molar-refractivity contribution is -0.143. The van der Waals surface area contributed by atoms with Gasteiger partial charge in [-0.25, -0.2) is 0 Å². The lowest BCUT2D eigenvalue weighted by Gasteiger charge is -2.08. The number of hydrogen-bond acceptors (Lipinski definition) is 7. The van der Waals surface area contributed by atoms with E-state index in [4.69, 9.17) is 4.74 Å². The van der Waals surface area contributed by atoms with Crippen LogP contribution in [-0.2, 0) is 9.53 Å². The molecule has 2 heterocycles. The van der Waals surface area contributed by atoms with Crippen LogP contribution < -0.4 is 10.6 Å². The zero-order valence-corrected chi connectivity index (χ0v) is 12.3. The molecule has 0 saturated carbocycles. The van der Waals surface area contributed by atoms with Crippen LogP contribution in [0.3, 0.4) is 0 Å². The van der Waals surface area contributed by atoms with Crippen LogP contribution in [0.15, 0.2) is 6.20 Å². The zero-order chi connectivity index (χ0) is 15.1. The number of fused-ring (bicyclic) bond motifs is 1. The van der Waals surface area contributed by atoms with E-state index in [1.807, 2.05) is 6.92 Å². The summed E-state index contributed by atoms with van der Waals surface area (Å²) in [5, 5.41) is 13.9. The molecule has 8 heteroatoms. The number of anilines is 2. The predicted octanol–water partition coefficient (Wildman–Crippen LogP) is 1.54. The van der Waals surface area contributed by atoms with Crippen LogP contribution in [0.4, 0.5) is 11.8 Å². The highest BCUT2D eigenvalue weighted by molar-refractivity contribution is 5.86. The summed E-state index contributed by atoms with van der Waals surface area (Å²) in [5.41, 5.74) is 0.675.